The number of hydrogen-bond donors (Lipinski definition) is 2. The zero-order valence-electron chi connectivity index (χ0n) is 12.7. The van der Waals surface area contributed by atoms with Gasteiger partial charge in [-0.15, -0.1) is 0 Å². The molecule has 0 unspecified atom stereocenters. The van der Waals surface area contributed by atoms with E-state index in [1.165, 1.54) is 12.8 Å². The molecule has 20 heavy (non-hydrogen) atoms. The molecule has 5 heteroatoms. The van der Waals surface area contributed by atoms with Crippen LogP contribution in [0.5, 0.6) is 0 Å². The van der Waals surface area contributed by atoms with E-state index in [4.69, 9.17) is 0 Å². The van der Waals surface area contributed by atoms with Crippen LogP contribution in [0.25, 0.3) is 0 Å². The van der Waals surface area contributed by atoms with Gasteiger partial charge in [-0.05, 0) is 37.8 Å². The van der Waals surface area contributed by atoms with Gasteiger partial charge in [-0.2, -0.15) is 0 Å². The molecule has 1 aromatic rings. The first-order valence-corrected chi connectivity index (χ1v) is 7.34. The highest BCUT2D eigenvalue weighted by molar-refractivity contribution is 5.79. The van der Waals surface area contributed by atoms with E-state index >= 15 is 0 Å². The third-order valence-electron chi connectivity index (χ3n) is 3.25. The quantitative estimate of drug-likeness (QED) is 0.612. The lowest BCUT2D eigenvalue weighted by molar-refractivity contribution is 0.738. The van der Waals surface area contributed by atoms with Gasteiger partial charge in [-0.3, -0.25) is 0 Å². The molecule has 0 saturated heterocycles. The topological polar surface area (TPSA) is 52.6 Å². The Morgan fingerprint density at radius 1 is 1.35 bits per heavy atom. The number of aliphatic imine (C=N–C) groups is 1. The largest absolute Gasteiger partial charge is 0.363 e. The molecule has 0 radical (unpaired) electrons. The Labute approximate surface area is 121 Å². The SMILES string of the molecule is CCNC(=NCc1cccc(N(C)C)n1)NCC1CC1. The summed E-state index contributed by atoms with van der Waals surface area (Å²) in [5, 5.41) is 6.66. The molecule has 1 aromatic heterocycles. The lowest BCUT2D eigenvalue weighted by Crippen LogP contribution is -2.38. The average molecular weight is 275 g/mol. The van der Waals surface area contributed by atoms with E-state index in [1.807, 2.05) is 37.2 Å². The van der Waals surface area contributed by atoms with Crippen LogP contribution in [0.4, 0.5) is 5.82 Å². The maximum Gasteiger partial charge on any atom is 0.191 e. The van der Waals surface area contributed by atoms with Crippen molar-refractivity contribution in [3.8, 4) is 0 Å². The Bertz CT molecular complexity index is 451. The van der Waals surface area contributed by atoms with Gasteiger partial charge in [0.2, 0.25) is 0 Å². The summed E-state index contributed by atoms with van der Waals surface area (Å²) in [5.41, 5.74) is 0.986. The van der Waals surface area contributed by atoms with E-state index in [1.54, 1.807) is 0 Å². The molecular formula is C15H25N5. The van der Waals surface area contributed by atoms with E-state index in [0.717, 1.165) is 36.5 Å². The van der Waals surface area contributed by atoms with E-state index in [-0.39, 0.29) is 0 Å². The number of pyridine rings is 1. The smallest absolute Gasteiger partial charge is 0.191 e. The maximum absolute atomic E-state index is 4.60. The Morgan fingerprint density at radius 2 is 2.15 bits per heavy atom. The van der Waals surface area contributed by atoms with Gasteiger partial charge in [0.1, 0.15) is 5.82 Å². The first-order valence-electron chi connectivity index (χ1n) is 7.34. The fraction of sp³-hybridized carbons (Fsp3) is 0.600. The van der Waals surface area contributed by atoms with Gasteiger partial charge in [-0.1, -0.05) is 6.07 Å². The van der Waals surface area contributed by atoms with E-state index in [2.05, 4.69) is 27.5 Å². The molecule has 110 valence electrons. The summed E-state index contributed by atoms with van der Waals surface area (Å²) in [7, 11) is 3.99. The van der Waals surface area contributed by atoms with Gasteiger partial charge in [0, 0.05) is 27.2 Å². The molecular weight excluding hydrogens is 250 g/mol. The summed E-state index contributed by atoms with van der Waals surface area (Å²) >= 11 is 0. The normalized spacial score (nSPS) is 15.1. The first-order chi connectivity index (χ1) is 9.69. The van der Waals surface area contributed by atoms with Crippen LogP contribution < -0.4 is 15.5 Å². The molecule has 0 aromatic carbocycles. The fourth-order valence-electron chi connectivity index (χ4n) is 1.87. The molecule has 0 amide bonds. The molecule has 1 aliphatic rings. The average Bonchev–Trinajstić information content (AvgIpc) is 3.26. The minimum atomic E-state index is 0.599. The molecule has 0 bridgehead atoms. The van der Waals surface area contributed by atoms with Gasteiger partial charge >= 0.3 is 0 Å². The summed E-state index contributed by atoms with van der Waals surface area (Å²) in [6.07, 6.45) is 2.69. The van der Waals surface area contributed by atoms with Crippen LogP contribution in [-0.4, -0.2) is 38.1 Å². The highest BCUT2D eigenvalue weighted by atomic mass is 15.2. The molecule has 0 atom stereocenters. The summed E-state index contributed by atoms with van der Waals surface area (Å²) in [5.74, 6) is 2.69. The minimum Gasteiger partial charge on any atom is -0.363 e. The number of nitrogens with one attached hydrogen (secondary N) is 2. The second kappa shape index (κ2) is 7.12. The van der Waals surface area contributed by atoms with Crippen molar-refractivity contribution in [1.82, 2.24) is 15.6 Å². The third kappa shape index (κ3) is 4.72. The molecule has 2 N–H and O–H groups in total. The second-order valence-electron chi connectivity index (χ2n) is 5.40. The van der Waals surface area contributed by atoms with Crippen LogP contribution in [0.2, 0.25) is 0 Å². The van der Waals surface area contributed by atoms with Crippen molar-refractivity contribution in [3.63, 3.8) is 0 Å². The van der Waals surface area contributed by atoms with Crippen LogP contribution in [0.1, 0.15) is 25.5 Å². The van der Waals surface area contributed by atoms with Crippen molar-refractivity contribution in [1.29, 1.82) is 0 Å². The fourth-order valence-corrected chi connectivity index (χ4v) is 1.87. The van der Waals surface area contributed by atoms with E-state index in [9.17, 15) is 0 Å². The highest BCUT2D eigenvalue weighted by Gasteiger charge is 2.20. The monoisotopic (exact) mass is 275 g/mol. The molecule has 1 aliphatic carbocycles. The van der Waals surface area contributed by atoms with Crippen molar-refractivity contribution >= 4 is 11.8 Å². The van der Waals surface area contributed by atoms with Gasteiger partial charge in [0.05, 0.1) is 12.2 Å². The van der Waals surface area contributed by atoms with Crippen molar-refractivity contribution in [2.24, 2.45) is 10.9 Å². The molecule has 1 fully saturated rings. The van der Waals surface area contributed by atoms with Crippen LogP contribution >= 0.6 is 0 Å². The van der Waals surface area contributed by atoms with E-state index in [0.29, 0.717) is 6.54 Å². The van der Waals surface area contributed by atoms with E-state index < -0.39 is 0 Å². The summed E-state index contributed by atoms with van der Waals surface area (Å²) in [6, 6.07) is 6.04. The zero-order valence-corrected chi connectivity index (χ0v) is 12.7. The highest BCUT2D eigenvalue weighted by Crippen LogP contribution is 2.27. The third-order valence-corrected chi connectivity index (χ3v) is 3.25. The predicted molar refractivity (Wildman–Crippen MR) is 84.1 cm³/mol. The van der Waals surface area contributed by atoms with Gasteiger partial charge in [0.15, 0.2) is 5.96 Å². The summed E-state index contributed by atoms with van der Waals surface area (Å²) < 4.78 is 0. The van der Waals surface area contributed by atoms with Crippen molar-refractivity contribution in [2.45, 2.75) is 26.3 Å². The molecule has 0 spiro atoms. The lowest BCUT2D eigenvalue weighted by atomic mass is 10.3. The number of rotatable bonds is 6. The Hall–Kier alpha value is -1.78. The zero-order chi connectivity index (χ0) is 14.4. The van der Waals surface area contributed by atoms with Gasteiger partial charge in [0.25, 0.3) is 0 Å². The van der Waals surface area contributed by atoms with Crippen LogP contribution in [-0.2, 0) is 6.54 Å². The number of anilines is 1. The molecule has 1 saturated carbocycles. The summed E-state index contributed by atoms with van der Waals surface area (Å²) in [4.78, 5) is 11.2. The Balaban J connectivity index is 1.94. The standard InChI is InChI=1S/C15H25N5/c1-4-16-15(17-10-12-8-9-12)18-11-13-6-5-7-14(19-13)20(2)3/h5-7,12H,4,8-11H2,1-3H3,(H2,16,17,18). The molecule has 0 aliphatic heterocycles. The second-order valence-corrected chi connectivity index (χ2v) is 5.40. The molecule has 5 nitrogen and oxygen atoms in total. The number of nitrogens with zero attached hydrogens (tertiary/aromatic N) is 3. The van der Waals surface area contributed by atoms with Crippen molar-refractivity contribution < 1.29 is 0 Å². The first kappa shape index (κ1) is 14.6. The predicted octanol–water partition coefficient (Wildman–Crippen LogP) is 1.61. The van der Waals surface area contributed by atoms with Crippen molar-refractivity contribution in [3.05, 3.63) is 23.9 Å². The summed E-state index contributed by atoms with van der Waals surface area (Å²) in [6.45, 7) is 4.58. The lowest BCUT2D eigenvalue weighted by Gasteiger charge is -2.13. The Morgan fingerprint density at radius 3 is 2.80 bits per heavy atom. The van der Waals surface area contributed by atoms with Gasteiger partial charge < -0.3 is 15.5 Å². The number of hydrogen-bond acceptors (Lipinski definition) is 3. The van der Waals surface area contributed by atoms with Gasteiger partial charge in [-0.25, -0.2) is 9.98 Å². The van der Waals surface area contributed by atoms with Crippen LogP contribution in [0, 0.1) is 5.92 Å². The number of guanidine groups is 1. The Kier molecular flexibility index (Phi) is 5.21. The van der Waals surface area contributed by atoms with Crippen LogP contribution in [0.15, 0.2) is 23.2 Å². The van der Waals surface area contributed by atoms with Crippen molar-refractivity contribution in [2.75, 3.05) is 32.1 Å². The molecule has 2 rings (SSSR count). The molecule has 1 heterocycles. The minimum absolute atomic E-state index is 0.599. The number of aromatic nitrogens is 1. The van der Waals surface area contributed by atoms with Crippen LogP contribution in [0.3, 0.4) is 0 Å². The maximum atomic E-state index is 4.60.